The summed E-state index contributed by atoms with van der Waals surface area (Å²) in [6.45, 7) is 10.1. The Hall–Kier alpha value is -1.56. The SMILES string of the molecule is CCc1c(NC(=O)N2CC(CO)CCC2C)cnn1CC(C)C. The van der Waals surface area contributed by atoms with E-state index in [2.05, 4.69) is 38.1 Å². The monoisotopic (exact) mass is 322 g/mol. The third kappa shape index (κ3) is 4.25. The number of nitrogens with zero attached hydrogens (tertiary/aromatic N) is 3. The molecule has 0 aromatic carbocycles. The fourth-order valence-corrected chi connectivity index (χ4v) is 3.19. The zero-order chi connectivity index (χ0) is 17.0. The number of carbonyl (C=O) groups is 1. The van der Waals surface area contributed by atoms with Crippen molar-refractivity contribution in [2.45, 2.75) is 59.5 Å². The van der Waals surface area contributed by atoms with Gasteiger partial charge >= 0.3 is 6.03 Å². The second-order valence-electron chi connectivity index (χ2n) is 6.99. The summed E-state index contributed by atoms with van der Waals surface area (Å²) in [6, 6.07) is 0.114. The Labute approximate surface area is 138 Å². The van der Waals surface area contributed by atoms with E-state index in [-0.39, 0.29) is 24.6 Å². The largest absolute Gasteiger partial charge is 0.396 e. The molecular formula is C17H30N4O2. The maximum atomic E-state index is 12.6. The Morgan fingerprint density at radius 3 is 2.83 bits per heavy atom. The van der Waals surface area contributed by atoms with Crippen molar-refractivity contribution in [2.24, 2.45) is 11.8 Å². The zero-order valence-electron chi connectivity index (χ0n) is 14.7. The van der Waals surface area contributed by atoms with E-state index in [4.69, 9.17) is 0 Å². The van der Waals surface area contributed by atoms with E-state index in [1.165, 1.54) is 0 Å². The summed E-state index contributed by atoms with van der Waals surface area (Å²) in [6.07, 6.45) is 4.49. The minimum Gasteiger partial charge on any atom is -0.396 e. The fraction of sp³-hybridized carbons (Fsp3) is 0.765. The Bertz CT molecular complexity index is 527. The van der Waals surface area contributed by atoms with Crippen LogP contribution in [0.15, 0.2) is 6.20 Å². The molecule has 2 atom stereocenters. The van der Waals surface area contributed by atoms with Crippen molar-refractivity contribution in [1.29, 1.82) is 0 Å². The number of piperidine rings is 1. The van der Waals surface area contributed by atoms with Gasteiger partial charge in [0, 0.05) is 25.7 Å². The molecule has 0 radical (unpaired) electrons. The van der Waals surface area contributed by atoms with Gasteiger partial charge in [-0.25, -0.2) is 4.79 Å². The van der Waals surface area contributed by atoms with E-state index in [1.807, 2.05) is 9.58 Å². The molecular weight excluding hydrogens is 292 g/mol. The number of aromatic nitrogens is 2. The first-order chi connectivity index (χ1) is 11.0. The molecule has 0 bridgehead atoms. The van der Waals surface area contributed by atoms with E-state index in [9.17, 15) is 9.90 Å². The number of aliphatic hydroxyl groups is 1. The molecule has 2 heterocycles. The lowest BCUT2D eigenvalue weighted by Gasteiger charge is -2.37. The molecule has 0 aliphatic carbocycles. The van der Waals surface area contributed by atoms with Gasteiger partial charge in [0.05, 0.1) is 17.6 Å². The highest BCUT2D eigenvalue weighted by molar-refractivity contribution is 5.90. The van der Waals surface area contributed by atoms with Gasteiger partial charge in [0.1, 0.15) is 0 Å². The van der Waals surface area contributed by atoms with Gasteiger partial charge in [-0.05, 0) is 38.0 Å². The van der Waals surface area contributed by atoms with E-state index < -0.39 is 0 Å². The first-order valence-corrected chi connectivity index (χ1v) is 8.69. The standard InChI is InChI=1S/C17H30N4O2/c1-5-16-15(8-18-21(16)9-12(2)3)19-17(23)20-10-14(11-22)7-6-13(20)4/h8,12-14,22H,5-7,9-11H2,1-4H3,(H,19,23). The average Bonchev–Trinajstić information content (AvgIpc) is 2.88. The summed E-state index contributed by atoms with van der Waals surface area (Å²) >= 11 is 0. The average molecular weight is 322 g/mol. The summed E-state index contributed by atoms with van der Waals surface area (Å²) in [5, 5.41) is 16.8. The second-order valence-corrected chi connectivity index (χ2v) is 6.99. The van der Waals surface area contributed by atoms with Crippen molar-refractivity contribution in [3.05, 3.63) is 11.9 Å². The first kappa shape index (κ1) is 17.8. The Morgan fingerprint density at radius 1 is 1.48 bits per heavy atom. The molecule has 130 valence electrons. The molecule has 1 saturated heterocycles. The molecule has 0 spiro atoms. The molecule has 23 heavy (non-hydrogen) atoms. The van der Waals surface area contributed by atoms with Crippen LogP contribution in [-0.4, -0.2) is 45.0 Å². The molecule has 2 unspecified atom stereocenters. The van der Waals surface area contributed by atoms with Crippen LogP contribution in [-0.2, 0) is 13.0 Å². The lowest BCUT2D eigenvalue weighted by atomic mass is 9.94. The fourth-order valence-electron chi connectivity index (χ4n) is 3.19. The van der Waals surface area contributed by atoms with E-state index in [0.717, 1.165) is 37.2 Å². The Kier molecular flexibility index (Phi) is 6.04. The van der Waals surface area contributed by atoms with Crippen molar-refractivity contribution < 1.29 is 9.90 Å². The molecule has 1 aromatic heterocycles. The van der Waals surface area contributed by atoms with E-state index >= 15 is 0 Å². The topological polar surface area (TPSA) is 70.4 Å². The van der Waals surface area contributed by atoms with Crippen LogP contribution in [0.3, 0.4) is 0 Å². The van der Waals surface area contributed by atoms with Crippen LogP contribution in [0.1, 0.15) is 46.2 Å². The lowest BCUT2D eigenvalue weighted by Crippen LogP contribution is -2.48. The van der Waals surface area contributed by atoms with Gasteiger partial charge in [-0.3, -0.25) is 4.68 Å². The second kappa shape index (κ2) is 7.81. The summed E-state index contributed by atoms with van der Waals surface area (Å²) in [5.41, 5.74) is 1.87. The molecule has 2 N–H and O–H groups in total. The number of amides is 2. The van der Waals surface area contributed by atoms with Crippen LogP contribution in [0.25, 0.3) is 0 Å². The van der Waals surface area contributed by atoms with Crippen molar-refractivity contribution in [3.8, 4) is 0 Å². The van der Waals surface area contributed by atoms with Crippen molar-refractivity contribution in [1.82, 2.24) is 14.7 Å². The van der Waals surface area contributed by atoms with Crippen molar-refractivity contribution >= 4 is 11.7 Å². The van der Waals surface area contributed by atoms with Crippen LogP contribution in [0.2, 0.25) is 0 Å². The normalized spacial score (nSPS) is 21.7. The van der Waals surface area contributed by atoms with Crippen LogP contribution in [0, 0.1) is 11.8 Å². The maximum absolute atomic E-state index is 12.6. The van der Waals surface area contributed by atoms with Gasteiger partial charge in [0.15, 0.2) is 0 Å². The van der Waals surface area contributed by atoms with E-state index in [1.54, 1.807) is 6.20 Å². The number of carbonyl (C=O) groups excluding carboxylic acids is 1. The van der Waals surface area contributed by atoms with Crippen molar-refractivity contribution in [3.63, 3.8) is 0 Å². The van der Waals surface area contributed by atoms with Gasteiger partial charge in [-0.2, -0.15) is 5.10 Å². The smallest absolute Gasteiger partial charge is 0.322 e. The number of hydrogen-bond donors (Lipinski definition) is 2. The number of rotatable bonds is 5. The van der Waals surface area contributed by atoms with E-state index in [0.29, 0.717) is 12.5 Å². The quantitative estimate of drug-likeness (QED) is 0.875. The molecule has 6 heteroatoms. The van der Waals surface area contributed by atoms with Crippen molar-refractivity contribution in [2.75, 3.05) is 18.5 Å². The molecule has 1 aromatic rings. The Morgan fingerprint density at radius 2 is 2.22 bits per heavy atom. The van der Waals surface area contributed by atoms with Crippen LogP contribution >= 0.6 is 0 Å². The third-order valence-electron chi connectivity index (χ3n) is 4.56. The lowest BCUT2D eigenvalue weighted by molar-refractivity contribution is 0.107. The summed E-state index contributed by atoms with van der Waals surface area (Å²) in [4.78, 5) is 14.5. The molecule has 1 fully saturated rings. The molecule has 2 amide bonds. The molecule has 2 rings (SSSR count). The maximum Gasteiger partial charge on any atom is 0.322 e. The number of hydrogen-bond acceptors (Lipinski definition) is 3. The minimum absolute atomic E-state index is 0.0885. The molecule has 1 aliphatic rings. The van der Waals surface area contributed by atoms with Crippen LogP contribution in [0.5, 0.6) is 0 Å². The van der Waals surface area contributed by atoms with Gasteiger partial charge < -0.3 is 15.3 Å². The minimum atomic E-state index is -0.0885. The molecule has 1 aliphatic heterocycles. The van der Waals surface area contributed by atoms with Gasteiger partial charge in [0.2, 0.25) is 0 Å². The zero-order valence-corrected chi connectivity index (χ0v) is 14.7. The van der Waals surface area contributed by atoms with Gasteiger partial charge in [-0.1, -0.05) is 20.8 Å². The number of urea groups is 1. The highest BCUT2D eigenvalue weighted by Crippen LogP contribution is 2.24. The summed E-state index contributed by atoms with van der Waals surface area (Å²) < 4.78 is 1.98. The van der Waals surface area contributed by atoms with Crippen LogP contribution in [0.4, 0.5) is 10.5 Å². The number of aliphatic hydroxyl groups excluding tert-OH is 1. The predicted molar refractivity (Wildman–Crippen MR) is 91.4 cm³/mol. The summed E-state index contributed by atoms with van der Waals surface area (Å²) in [7, 11) is 0. The summed E-state index contributed by atoms with van der Waals surface area (Å²) in [5.74, 6) is 0.697. The Balaban J connectivity index is 2.08. The highest BCUT2D eigenvalue weighted by Gasteiger charge is 2.29. The first-order valence-electron chi connectivity index (χ1n) is 8.69. The van der Waals surface area contributed by atoms with Crippen LogP contribution < -0.4 is 5.32 Å². The number of likely N-dealkylation sites (tertiary alicyclic amines) is 1. The number of anilines is 1. The molecule has 6 nitrogen and oxygen atoms in total. The van der Waals surface area contributed by atoms with Gasteiger partial charge in [0.25, 0.3) is 0 Å². The molecule has 0 saturated carbocycles. The predicted octanol–water partition coefficient (Wildman–Crippen LogP) is 2.73. The third-order valence-corrected chi connectivity index (χ3v) is 4.56. The number of nitrogens with one attached hydrogen (secondary N) is 1. The van der Waals surface area contributed by atoms with Gasteiger partial charge in [-0.15, -0.1) is 0 Å². The highest BCUT2D eigenvalue weighted by atomic mass is 16.3.